The van der Waals surface area contributed by atoms with Crippen molar-refractivity contribution in [1.82, 2.24) is 19.1 Å². The van der Waals surface area contributed by atoms with Crippen LogP contribution in [0.5, 0.6) is 0 Å². The van der Waals surface area contributed by atoms with Crippen molar-refractivity contribution < 1.29 is 17.6 Å². The standard InChI is InChI=1S/C19H21N5O4S/c1-23-8-7-17(12-23)29(26,27)24-9-5-14(6-10-24)18(25)21-16-4-2-3-15(11-16)19-22-20-13-28-19/h2-4,7-8,11-14H,5-6,9-10H2,1H3,(H,21,25). The summed E-state index contributed by atoms with van der Waals surface area (Å²) in [7, 11) is -1.74. The summed E-state index contributed by atoms with van der Waals surface area (Å²) in [6, 6.07) is 8.75. The van der Waals surface area contributed by atoms with Crippen molar-refractivity contribution in [3.8, 4) is 11.5 Å². The molecule has 2 aromatic heterocycles. The summed E-state index contributed by atoms with van der Waals surface area (Å²) in [6.45, 7) is 0.634. The Labute approximate surface area is 168 Å². The molecule has 9 nitrogen and oxygen atoms in total. The predicted octanol–water partition coefficient (Wildman–Crippen LogP) is 2.11. The third-order valence-electron chi connectivity index (χ3n) is 5.00. The van der Waals surface area contributed by atoms with E-state index < -0.39 is 10.0 Å². The number of anilines is 1. The number of carbonyl (C=O) groups excluding carboxylic acids is 1. The van der Waals surface area contributed by atoms with E-state index in [-0.39, 0.29) is 16.7 Å². The van der Waals surface area contributed by atoms with Gasteiger partial charge in [-0.3, -0.25) is 4.79 Å². The quantitative estimate of drug-likeness (QED) is 0.683. The monoisotopic (exact) mass is 415 g/mol. The molecule has 1 saturated heterocycles. The van der Waals surface area contributed by atoms with Crippen LogP contribution in [0, 0.1) is 5.92 Å². The Bertz CT molecular complexity index is 1100. The van der Waals surface area contributed by atoms with Crippen LogP contribution in [0.3, 0.4) is 0 Å². The second-order valence-electron chi connectivity index (χ2n) is 7.00. The molecule has 1 N–H and O–H groups in total. The number of hydrogen-bond donors (Lipinski definition) is 1. The van der Waals surface area contributed by atoms with Gasteiger partial charge in [-0.25, -0.2) is 8.42 Å². The fourth-order valence-electron chi connectivity index (χ4n) is 3.41. The largest absolute Gasteiger partial charge is 0.423 e. The Kier molecular flexibility index (Phi) is 5.20. The van der Waals surface area contributed by atoms with Crippen LogP contribution in [0.4, 0.5) is 5.69 Å². The van der Waals surface area contributed by atoms with Crippen LogP contribution >= 0.6 is 0 Å². The normalized spacial score (nSPS) is 16.0. The first kappa shape index (κ1) is 19.3. The van der Waals surface area contributed by atoms with Crippen LogP contribution in [0.15, 0.2) is 58.4 Å². The predicted molar refractivity (Wildman–Crippen MR) is 105 cm³/mol. The number of rotatable bonds is 5. The molecule has 1 aromatic carbocycles. The van der Waals surface area contributed by atoms with Crippen LogP contribution in [-0.2, 0) is 21.9 Å². The Balaban J connectivity index is 1.38. The van der Waals surface area contributed by atoms with E-state index in [2.05, 4.69) is 15.5 Å². The SMILES string of the molecule is Cn1ccc(S(=O)(=O)N2CCC(C(=O)Nc3cccc(-c4nnco4)c3)CC2)c1. The minimum Gasteiger partial charge on any atom is -0.423 e. The maximum absolute atomic E-state index is 12.7. The molecule has 0 aliphatic carbocycles. The highest BCUT2D eigenvalue weighted by Crippen LogP contribution is 2.26. The summed E-state index contributed by atoms with van der Waals surface area (Å²) in [4.78, 5) is 12.9. The van der Waals surface area contributed by atoms with Crippen LogP contribution in [0.25, 0.3) is 11.5 Å². The molecule has 10 heteroatoms. The second-order valence-corrected chi connectivity index (χ2v) is 8.94. The fourth-order valence-corrected chi connectivity index (χ4v) is 4.93. The number of sulfonamides is 1. The van der Waals surface area contributed by atoms with Gasteiger partial charge in [-0.1, -0.05) is 6.07 Å². The van der Waals surface area contributed by atoms with Crippen molar-refractivity contribution in [2.75, 3.05) is 18.4 Å². The van der Waals surface area contributed by atoms with E-state index in [1.54, 1.807) is 48.3 Å². The summed E-state index contributed by atoms with van der Waals surface area (Å²) in [5.74, 6) is 0.00856. The van der Waals surface area contributed by atoms with Crippen LogP contribution < -0.4 is 5.32 Å². The molecule has 152 valence electrons. The van der Waals surface area contributed by atoms with Gasteiger partial charge in [-0.05, 0) is 37.1 Å². The van der Waals surface area contributed by atoms with Crippen molar-refractivity contribution in [3.05, 3.63) is 49.1 Å². The minimum atomic E-state index is -3.52. The van der Waals surface area contributed by atoms with E-state index >= 15 is 0 Å². The highest BCUT2D eigenvalue weighted by Gasteiger charge is 2.32. The fraction of sp³-hybridized carbons (Fsp3) is 0.316. The number of amides is 1. The zero-order valence-electron chi connectivity index (χ0n) is 15.9. The average Bonchev–Trinajstić information content (AvgIpc) is 3.40. The van der Waals surface area contributed by atoms with Crippen molar-refractivity contribution in [2.45, 2.75) is 17.7 Å². The smallest absolute Gasteiger partial charge is 0.247 e. The van der Waals surface area contributed by atoms with E-state index in [1.807, 2.05) is 6.07 Å². The Morgan fingerprint density at radius 3 is 2.69 bits per heavy atom. The number of aryl methyl sites for hydroxylation is 1. The van der Waals surface area contributed by atoms with Gasteiger partial charge in [0.1, 0.15) is 0 Å². The first-order valence-corrected chi connectivity index (χ1v) is 10.7. The van der Waals surface area contributed by atoms with E-state index in [0.29, 0.717) is 43.1 Å². The van der Waals surface area contributed by atoms with Gasteiger partial charge in [0.15, 0.2) is 0 Å². The number of hydrogen-bond acceptors (Lipinski definition) is 6. The Morgan fingerprint density at radius 2 is 2.03 bits per heavy atom. The van der Waals surface area contributed by atoms with Crippen LogP contribution in [-0.4, -0.2) is 46.5 Å². The van der Waals surface area contributed by atoms with Crippen molar-refractivity contribution in [2.24, 2.45) is 13.0 Å². The van der Waals surface area contributed by atoms with Gasteiger partial charge in [0.05, 0.1) is 4.90 Å². The Morgan fingerprint density at radius 1 is 1.24 bits per heavy atom. The molecular formula is C19H21N5O4S. The van der Waals surface area contributed by atoms with E-state index in [9.17, 15) is 13.2 Å². The highest BCUT2D eigenvalue weighted by molar-refractivity contribution is 7.89. The average molecular weight is 415 g/mol. The van der Waals surface area contributed by atoms with E-state index in [0.717, 1.165) is 0 Å². The van der Waals surface area contributed by atoms with Gasteiger partial charge in [0.2, 0.25) is 28.2 Å². The lowest BCUT2D eigenvalue weighted by Gasteiger charge is -2.30. The summed E-state index contributed by atoms with van der Waals surface area (Å²) in [6.07, 6.45) is 5.49. The number of carbonyl (C=O) groups is 1. The molecule has 3 heterocycles. The lowest BCUT2D eigenvalue weighted by molar-refractivity contribution is -0.120. The van der Waals surface area contributed by atoms with Crippen LogP contribution in [0.1, 0.15) is 12.8 Å². The maximum atomic E-state index is 12.7. The van der Waals surface area contributed by atoms with Gasteiger partial charge in [0.25, 0.3) is 0 Å². The number of piperidine rings is 1. The number of aromatic nitrogens is 3. The first-order chi connectivity index (χ1) is 13.9. The van der Waals surface area contributed by atoms with Gasteiger partial charge in [-0.2, -0.15) is 4.31 Å². The summed E-state index contributed by atoms with van der Waals surface area (Å²) in [5, 5.41) is 10.4. The highest BCUT2D eigenvalue weighted by atomic mass is 32.2. The van der Waals surface area contributed by atoms with E-state index in [4.69, 9.17) is 4.42 Å². The molecule has 3 aromatic rings. The molecule has 1 aliphatic heterocycles. The number of benzene rings is 1. The van der Waals surface area contributed by atoms with Crippen molar-refractivity contribution in [1.29, 1.82) is 0 Å². The molecule has 1 fully saturated rings. The molecule has 0 unspecified atom stereocenters. The molecule has 0 atom stereocenters. The minimum absolute atomic E-state index is 0.121. The molecule has 1 aliphatic rings. The molecule has 0 spiro atoms. The van der Waals surface area contributed by atoms with Crippen molar-refractivity contribution >= 4 is 21.6 Å². The Hall–Kier alpha value is -2.98. The summed E-state index contributed by atoms with van der Waals surface area (Å²) >= 11 is 0. The van der Waals surface area contributed by atoms with E-state index in [1.165, 1.54) is 10.7 Å². The second kappa shape index (κ2) is 7.80. The molecule has 0 saturated carbocycles. The van der Waals surface area contributed by atoms with Gasteiger partial charge in [-0.15, -0.1) is 10.2 Å². The lowest BCUT2D eigenvalue weighted by Crippen LogP contribution is -2.41. The maximum Gasteiger partial charge on any atom is 0.247 e. The van der Waals surface area contributed by atoms with Gasteiger partial charge < -0.3 is 14.3 Å². The number of nitrogens with one attached hydrogen (secondary N) is 1. The molecular weight excluding hydrogens is 394 g/mol. The third-order valence-corrected chi connectivity index (χ3v) is 6.89. The summed E-state index contributed by atoms with van der Waals surface area (Å²) < 4.78 is 33.7. The molecule has 4 rings (SSSR count). The molecule has 29 heavy (non-hydrogen) atoms. The van der Waals surface area contributed by atoms with Gasteiger partial charge >= 0.3 is 0 Å². The summed E-state index contributed by atoms with van der Waals surface area (Å²) in [5.41, 5.74) is 1.34. The van der Waals surface area contributed by atoms with Gasteiger partial charge in [0, 0.05) is 49.7 Å². The number of nitrogens with zero attached hydrogens (tertiary/aromatic N) is 4. The topological polar surface area (TPSA) is 110 Å². The van der Waals surface area contributed by atoms with Crippen LogP contribution in [0.2, 0.25) is 0 Å². The molecule has 0 radical (unpaired) electrons. The lowest BCUT2D eigenvalue weighted by atomic mass is 9.97. The molecule has 1 amide bonds. The zero-order chi connectivity index (χ0) is 20.4. The zero-order valence-corrected chi connectivity index (χ0v) is 16.7. The third kappa shape index (κ3) is 4.08. The first-order valence-electron chi connectivity index (χ1n) is 9.23. The van der Waals surface area contributed by atoms with Crippen molar-refractivity contribution in [3.63, 3.8) is 0 Å². The molecule has 0 bridgehead atoms.